The number of hydrogen-bond acceptors (Lipinski definition) is 4. The van der Waals surface area contributed by atoms with Gasteiger partial charge in [-0.1, -0.05) is 0 Å². The van der Waals surface area contributed by atoms with Gasteiger partial charge in [-0.25, -0.2) is 0 Å². The van der Waals surface area contributed by atoms with Crippen LogP contribution >= 0.6 is 0 Å². The van der Waals surface area contributed by atoms with E-state index in [4.69, 9.17) is 4.74 Å². The van der Waals surface area contributed by atoms with Crippen molar-refractivity contribution in [3.05, 3.63) is 0 Å². The van der Waals surface area contributed by atoms with Gasteiger partial charge in [0.25, 0.3) is 0 Å². The second-order valence-corrected chi connectivity index (χ2v) is 4.04. The standard InChI is InChI=1S/C10H18N2O2/c13-7-9-10(14-6-5-12-9)8-1-3-11-4-2-8/h7-12H,1-6H2. The molecule has 2 atom stereocenters. The third-order valence-corrected chi connectivity index (χ3v) is 3.14. The van der Waals surface area contributed by atoms with Crippen molar-refractivity contribution in [2.75, 3.05) is 26.2 Å². The monoisotopic (exact) mass is 198 g/mol. The Morgan fingerprint density at radius 2 is 2.00 bits per heavy atom. The average molecular weight is 198 g/mol. The van der Waals surface area contributed by atoms with Gasteiger partial charge >= 0.3 is 0 Å². The molecule has 2 aliphatic heterocycles. The minimum absolute atomic E-state index is 0.0909. The molecule has 0 radical (unpaired) electrons. The lowest BCUT2D eigenvalue weighted by Gasteiger charge is -2.37. The third-order valence-electron chi connectivity index (χ3n) is 3.14. The molecule has 2 heterocycles. The molecule has 0 aliphatic carbocycles. The summed E-state index contributed by atoms with van der Waals surface area (Å²) >= 11 is 0. The number of ether oxygens (including phenoxy) is 1. The van der Waals surface area contributed by atoms with Crippen LogP contribution in [0, 0.1) is 5.92 Å². The quantitative estimate of drug-likeness (QED) is 0.590. The lowest BCUT2D eigenvalue weighted by Crippen LogP contribution is -2.53. The van der Waals surface area contributed by atoms with Crippen LogP contribution in [0.5, 0.6) is 0 Å². The number of carbonyl (C=O) groups excluding carboxylic acids is 1. The fourth-order valence-electron chi connectivity index (χ4n) is 2.37. The zero-order valence-electron chi connectivity index (χ0n) is 8.37. The average Bonchev–Trinajstić information content (AvgIpc) is 2.30. The molecular formula is C10H18N2O2. The van der Waals surface area contributed by atoms with Gasteiger partial charge in [0.05, 0.1) is 18.8 Å². The maximum atomic E-state index is 10.9. The van der Waals surface area contributed by atoms with E-state index >= 15 is 0 Å². The molecule has 0 saturated carbocycles. The molecule has 14 heavy (non-hydrogen) atoms. The Morgan fingerprint density at radius 1 is 1.21 bits per heavy atom. The van der Waals surface area contributed by atoms with Gasteiger partial charge in [-0.3, -0.25) is 0 Å². The molecule has 2 rings (SSSR count). The fourth-order valence-corrected chi connectivity index (χ4v) is 2.37. The first kappa shape index (κ1) is 10.1. The molecular weight excluding hydrogens is 180 g/mol. The number of rotatable bonds is 2. The second-order valence-electron chi connectivity index (χ2n) is 4.04. The van der Waals surface area contributed by atoms with E-state index in [0.29, 0.717) is 5.92 Å². The Balaban J connectivity index is 1.94. The lowest BCUT2D eigenvalue weighted by molar-refractivity contribution is -0.118. The molecule has 0 aromatic heterocycles. The summed E-state index contributed by atoms with van der Waals surface area (Å²) in [4.78, 5) is 10.9. The van der Waals surface area contributed by atoms with E-state index in [1.165, 1.54) is 0 Å². The van der Waals surface area contributed by atoms with E-state index < -0.39 is 0 Å². The molecule has 2 fully saturated rings. The number of carbonyl (C=O) groups is 1. The Hall–Kier alpha value is -0.450. The van der Waals surface area contributed by atoms with Crippen LogP contribution in [0.25, 0.3) is 0 Å². The van der Waals surface area contributed by atoms with Crippen LogP contribution in [0.3, 0.4) is 0 Å². The van der Waals surface area contributed by atoms with Gasteiger partial charge in [-0.2, -0.15) is 0 Å². The minimum atomic E-state index is -0.0909. The summed E-state index contributed by atoms with van der Waals surface area (Å²) in [5, 5.41) is 6.53. The van der Waals surface area contributed by atoms with Crippen molar-refractivity contribution in [1.82, 2.24) is 10.6 Å². The summed E-state index contributed by atoms with van der Waals surface area (Å²) in [6, 6.07) is -0.0909. The first-order chi connectivity index (χ1) is 6.92. The molecule has 0 spiro atoms. The molecule has 0 bridgehead atoms. The van der Waals surface area contributed by atoms with Gasteiger partial charge in [0.15, 0.2) is 0 Å². The normalized spacial score (nSPS) is 35.4. The molecule has 80 valence electrons. The SMILES string of the molecule is O=CC1NCCOC1C1CCNCC1. The van der Waals surface area contributed by atoms with Crippen LogP contribution in [-0.2, 0) is 9.53 Å². The summed E-state index contributed by atoms with van der Waals surface area (Å²) in [5.41, 5.74) is 0. The van der Waals surface area contributed by atoms with Crippen molar-refractivity contribution < 1.29 is 9.53 Å². The molecule has 4 heteroatoms. The number of hydrogen-bond donors (Lipinski definition) is 2. The molecule has 2 saturated heterocycles. The summed E-state index contributed by atoms with van der Waals surface area (Å²) in [5.74, 6) is 0.541. The zero-order valence-corrected chi connectivity index (χ0v) is 8.37. The van der Waals surface area contributed by atoms with Crippen LogP contribution in [0.2, 0.25) is 0 Å². The second kappa shape index (κ2) is 4.87. The van der Waals surface area contributed by atoms with E-state index in [2.05, 4.69) is 10.6 Å². The Labute approximate surface area is 84.4 Å². The molecule has 4 nitrogen and oxygen atoms in total. The highest BCUT2D eigenvalue weighted by Gasteiger charge is 2.32. The predicted molar refractivity (Wildman–Crippen MR) is 53.2 cm³/mol. The van der Waals surface area contributed by atoms with E-state index in [0.717, 1.165) is 45.4 Å². The van der Waals surface area contributed by atoms with E-state index in [-0.39, 0.29) is 12.1 Å². The van der Waals surface area contributed by atoms with E-state index in [1.807, 2.05) is 0 Å². The summed E-state index contributed by atoms with van der Waals surface area (Å²) in [7, 11) is 0. The minimum Gasteiger partial charge on any atom is -0.375 e. The highest BCUT2D eigenvalue weighted by atomic mass is 16.5. The number of piperidine rings is 1. The maximum absolute atomic E-state index is 10.9. The van der Waals surface area contributed by atoms with Gasteiger partial charge in [-0.15, -0.1) is 0 Å². The largest absolute Gasteiger partial charge is 0.375 e. The van der Waals surface area contributed by atoms with Crippen LogP contribution in [0.1, 0.15) is 12.8 Å². The van der Waals surface area contributed by atoms with Crippen molar-refractivity contribution in [3.8, 4) is 0 Å². The van der Waals surface area contributed by atoms with Gasteiger partial charge in [0, 0.05) is 6.54 Å². The topological polar surface area (TPSA) is 50.4 Å². The number of nitrogens with one attached hydrogen (secondary N) is 2. The van der Waals surface area contributed by atoms with E-state index in [1.54, 1.807) is 0 Å². The van der Waals surface area contributed by atoms with Crippen LogP contribution in [0.15, 0.2) is 0 Å². The van der Waals surface area contributed by atoms with Gasteiger partial charge in [0.2, 0.25) is 0 Å². The molecule has 2 unspecified atom stereocenters. The Morgan fingerprint density at radius 3 is 2.71 bits per heavy atom. The molecule has 2 aliphatic rings. The first-order valence-electron chi connectivity index (χ1n) is 5.43. The van der Waals surface area contributed by atoms with Gasteiger partial charge < -0.3 is 20.2 Å². The predicted octanol–water partition coefficient (Wildman–Crippen LogP) is -0.458. The van der Waals surface area contributed by atoms with Gasteiger partial charge in [-0.05, 0) is 31.8 Å². The van der Waals surface area contributed by atoms with Crippen LogP contribution in [0.4, 0.5) is 0 Å². The van der Waals surface area contributed by atoms with E-state index in [9.17, 15) is 4.79 Å². The van der Waals surface area contributed by atoms with Crippen molar-refractivity contribution >= 4 is 6.29 Å². The van der Waals surface area contributed by atoms with Crippen LogP contribution in [-0.4, -0.2) is 44.7 Å². The van der Waals surface area contributed by atoms with Crippen LogP contribution < -0.4 is 10.6 Å². The maximum Gasteiger partial charge on any atom is 0.139 e. The summed E-state index contributed by atoms with van der Waals surface area (Å²) < 4.78 is 5.70. The van der Waals surface area contributed by atoms with Gasteiger partial charge in [0.1, 0.15) is 6.29 Å². The highest BCUT2D eigenvalue weighted by Crippen LogP contribution is 2.22. The summed E-state index contributed by atoms with van der Waals surface area (Å²) in [6.07, 6.45) is 3.34. The lowest BCUT2D eigenvalue weighted by atomic mass is 9.88. The van der Waals surface area contributed by atoms with Crippen molar-refractivity contribution in [3.63, 3.8) is 0 Å². The van der Waals surface area contributed by atoms with Crippen molar-refractivity contribution in [1.29, 1.82) is 0 Å². The third kappa shape index (κ3) is 2.13. The Kier molecular flexibility index (Phi) is 3.50. The summed E-state index contributed by atoms with van der Waals surface area (Å²) in [6.45, 7) is 3.63. The highest BCUT2D eigenvalue weighted by molar-refractivity contribution is 5.59. The van der Waals surface area contributed by atoms with Crippen molar-refractivity contribution in [2.24, 2.45) is 5.92 Å². The number of aldehydes is 1. The zero-order chi connectivity index (χ0) is 9.80. The number of morpholine rings is 1. The van der Waals surface area contributed by atoms with Crippen molar-refractivity contribution in [2.45, 2.75) is 25.0 Å². The smallest absolute Gasteiger partial charge is 0.139 e. The first-order valence-corrected chi connectivity index (χ1v) is 5.43. The molecule has 0 aromatic carbocycles. The Bertz CT molecular complexity index is 193. The molecule has 0 aromatic rings. The molecule has 2 N–H and O–H groups in total. The molecule has 0 amide bonds. The fraction of sp³-hybridized carbons (Fsp3) is 0.900.